The van der Waals surface area contributed by atoms with Crippen LogP contribution in [0.15, 0.2) is 49.1 Å². The molecule has 0 saturated carbocycles. The zero-order valence-corrected chi connectivity index (χ0v) is 18.6. The third-order valence-corrected chi connectivity index (χ3v) is 6.32. The Morgan fingerprint density at radius 2 is 1.94 bits per heavy atom. The van der Waals surface area contributed by atoms with E-state index in [-0.39, 0.29) is 5.60 Å². The summed E-state index contributed by atoms with van der Waals surface area (Å²) in [5.74, 6) is 1.50. The molecule has 31 heavy (non-hydrogen) atoms. The maximum Gasteiger partial charge on any atom is 0.123 e. The highest BCUT2D eigenvalue weighted by Crippen LogP contribution is 2.36. The van der Waals surface area contributed by atoms with Crippen LogP contribution in [0.1, 0.15) is 55.1 Å². The Morgan fingerprint density at radius 1 is 1.10 bits per heavy atom. The summed E-state index contributed by atoms with van der Waals surface area (Å²) in [7, 11) is 0. The normalized spacial score (nSPS) is 20.3. The van der Waals surface area contributed by atoms with Gasteiger partial charge in [-0.1, -0.05) is 12.1 Å². The molecule has 0 radical (unpaired) electrons. The quantitative estimate of drug-likeness (QED) is 0.605. The molecule has 2 aromatic heterocycles. The average molecular weight is 415 g/mol. The predicted octanol–water partition coefficient (Wildman–Crippen LogP) is 4.94. The monoisotopic (exact) mass is 414 g/mol. The smallest absolute Gasteiger partial charge is 0.123 e. The lowest BCUT2D eigenvalue weighted by atomic mass is 9.92. The fourth-order valence-electron chi connectivity index (χ4n) is 4.98. The predicted molar refractivity (Wildman–Crippen MR) is 122 cm³/mol. The van der Waals surface area contributed by atoms with Crippen LogP contribution in [-0.2, 0) is 13.0 Å². The lowest BCUT2D eigenvalue weighted by molar-refractivity contribution is 0.138. The highest BCUT2D eigenvalue weighted by Gasteiger charge is 2.30. The van der Waals surface area contributed by atoms with Gasteiger partial charge in [0.2, 0.25) is 0 Å². The molecule has 1 saturated heterocycles. The van der Waals surface area contributed by atoms with Crippen molar-refractivity contribution in [3.05, 3.63) is 71.6 Å². The van der Waals surface area contributed by atoms with E-state index in [2.05, 4.69) is 66.0 Å². The van der Waals surface area contributed by atoms with Crippen molar-refractivity contribution < 1.29 is 4.74 Å². The van der Waals surface area contributed by atoms with Crippen LogP contribution >= 0.6 is 0 Å². The van der Waals surface area contributed by atoms with E-state index in [0.717, 1.165) is 48.6 Å². The fraction of sp³-hybridized carbons (Fsp3) is 0.423. The Morgan fingerprint density at radius 3 is 2.77 bits per heavy atom. The van der Waals surface area contributed by atoms with Crippen LogP contribution in [0.5, 0.6) is 5.75 Å². The van der Waals surface area contributed by atoms with Crippen molar-refractivity contribution >= 4 is 0 Å². The first-order valence-corrected chi connectivity index (χ1v) is 11.2. The van der Waals surface area contributed by atoms with Gasteiger partial charge in [0, 0.05) is 54.8 Å². The van der Waals surface area contributed by atoms with Crippen molar-refractivity contribution in [1.82, 2.24) is 19.9 Å². The standard InChI is InChI=1S/C26H30N4O/c1-18-9-21(23-13-27-17-28-14-23)11-24(29-18)20-5-4-8-30(16-20)15-19-6-7-25-22(10-19)12-26(2,3)31-25/h6-7,9-11,13-14,17,20H,4-5,8,12,15-16H2,1-3H3/t20-/m1/s1. The molecule has 2 aliphatic heterocycles. The van der Waals surface area contributed by atoms with Crippen LogP contribution < -0.4 is 4.74 Å². The minimum atomic E-state index is -0.0878. The van der Waals surface area contributed by atoms with Crippen LogP contribution in [-0.4, -0.2) is 38.5 Å². The number of aryl methyl sites for hydroxylation is 1. The highest BCUT2D eigenvalue weighted by atomic mass is 16.5. The van der Waals surface area contributed by atoms with E-state index < -0.39 is 0 Å². The summed E-state index contributed by atoms with van der Waals surface area (Å²) in [5, 5.41) is 0. The van der Waals surface area contributed by atoms with Crippen LogP contribution in [0, 0.1) is 6.92 Å². The molecule has 0 amide bonds. The van der Waals surface area contributed by atoms with Gasteiger partial charge in [-0.2, -0.15) is 0 Å². The van der Waals surface area contributed by atoms with E-state index in [1.54, 1.807) is 6.33 Å². The molecule has 5 nitrogen and oxygen atoms in total. The maximum absolute atomic E-state index is 6.04. The summed E-state index contributed by atoms with van der Waals surface area (Å²) in [6.07, 6.45) is 8.69. The SMILES string of the molecule is Cc1cc(-c2cncnc2)cc([C@@H]2CCCN(Cc3ccc4c(c3)CC(C)(C)O4)C2)n1. The van der Waals surface area contributed by atoms with E-state index in [9.17, 15) is 0 Å². The van der Waals surface area contributed by atoms with Gasteiger partial charge in [0.15, 0.2) is 0 Å². The molecular formula is C26H30N4O. The van der Waals surface area contributed by atoms with Crippen LogP contribution in [0.2, 0.25) is 0 Å². The summed E-state index contributed by atoms with van der Waals surface area (Å²) < 4.78 is 6.04. The molecule has 0 spiro atoms. The molecule has 5 heteroatoms. The lowest BCUT2D eigenvalue weighted by Crippen LogP contribution is -2.34. The van der Waals surface area contributed by atoms with Gasteiger partial charge < -0.3 is 4.74 Å². The summed E-state index contributed by atoms with van der Waals surface area (Å²) >= 11 is 0. The first kappa shape index (κ1) is 20.1. The molecule has 0 bridgehead atoms. The summed E-state index contributed by atoms with van der Waals surface area (Å²) in [6.45, 7) is 9.56. The molecule has 0 unspecified atom stereocenters. The van der Waals surface area contributed by atoms with Gasteiger partial charge in [-0.05, 0) is 75.0 Å². The summed E-state index contributed by atoms with van der Waals surface area (Å²) in [4.78, 5) is 15.8. The molecule has 1 aromatic carbocycles. The van der Waals surface area contributed by atoms with Gasteiger partial charge in [-0.25, -0.2) is 9.97 Å². The number of fused-ring (bicyclic) bond motifs is 1. The van der Waals surface area contributed by atoms with Crippen molar-refractivity contribution in [2.45, 2.75) is 58.1 Å². The van der Waals surface area contributed by atoms with Gasteiger partial charge in [0.1, 0.15) is 17.7 Å². The lowest BCUT2D eigenvalue weighted by Gasteiger charge is -2.33. The third kappa shape index (κ3) is 4.47. The fourth-order valence-corrected chi connectivity index (χ4v) is 4.98. The number of hydrogen-bond donors (Lipinski definition) is 0. The van der Waals surface area contributed by atoms with E-state index in [4.69, 9.17) is 9.72 Å². The van der Waals surface area contributed by atoms with Crippen molar-refractivity contribution in [3.8, 4) is 16.9 Å². The Labute approximate surface area is 184 Å². The summed E-state index contributed by atoms with van der Waals surface area (Å²) in [5.41, 5.74) is 7.07. The zero-order valence-electron chi connectivity index (χ0n) is 18.6. The highest BCUT2D eigenvalue weighted by molar-refractivity contribution is 5.62. The number of rotatable bonds is 4. The minimum absolute atomic E-state index is 0.0878. The second-order valence-electron chi connectivity index (χ2n) is 9.60. The average Bonchev–Trinajstić information content (AvgIpc) is 3.07. The molecule has 1 fully saturated rings. The molecule has 160 valence electrons. The zero-order chi connectivity index (χ0) is 21.4. The van der Waals surface area contributed by atoms with Crippen LogP contribution in [0.3, 0.4) is 0 Å². The number of likely N-dealkylation sites (tertiary alicyclic amines) is 1. The van der Waals surface area contributed by atoms with Crippen LogP contribution in [0.25, 0.3) is 11.1 Å². The molecule has 3 aromatic rings. The molecule has 0 aliphatic carbocycles. The van der Waals surface area contributed by atoms with Crippen molar-refractivity contribution in [2.24, 2.45) is 0 Å². The number of nitrogens with zero attached hydrogens (tertiary/aromatic N) is 4. The molecule has 1 atom stereocenters. The van der Waals surface area contributed by atoms with E-state index >= 15 is 0 Å². The number of ether oxygens (including phenoxy) is 1. The van der Waals surface area contributed by atoms with Gasteiger partial charge in [0.05, 0.1) is 0 Å². The second kappa shape index (κ2) is 8.04. The Balaban J connectivity index is 1.32. The number of benzene rings is 1. The third-order valence-electron chi connectivity index (χ3n) is 6.32. The number of piperidine rings is 1. The molecule has 4 heterocycles. The van der Waals surface area contributed by atoms with E-state index in [1.165, 1.54) is 29.7 Å². The molecule has 2 aliphatic rings. The van der Waals surface area contributed by atoms with E-state index in [1.807, 2.05) is 12.4 Å². The number of pyridine rings is 1. The van der Waals surface area contributed by atoms with Gasteiger partial charge in [-0.3, -0.25) is 9.88 Å². The maximum atomic E-state index is 6.04. The largest absolute Gasteiger partial charge is 0.487 e. The number of hydrogen-bond acceptors (Lipinski definition) is 5. The second-order valence-corrected chi connectivity index (χ2v) is 9.60. The van der Waals surface area contributed by atoms with E-state index in [0.29, 0.717) is 5.92 Å². The Bertz CT molecular complexity index is 1080. The van der Waals surface area contributed by atoms with Crippen LogP contribution in [0.4, 0.5) is 0 Å². The summed E-state index contributed by atoms with van der Waals surface area (Å²) in [6, 6.07) is 11.1. The molecular weight excluding hydrogens is 384 g/mol. The Kier molecular flexibility index (Phi) is 5.22. The van der Waals surface area contributed by atoms with Crippen molar-refractivity contribution in [2.75, 3.05) is 13.1 Å². The van der Waals surface area contributed by atoms with Gasteiger partial charge >= 0.3 is 0 Å². The van der Waals surface area contributed by atoms with Gasteiger partial charge in [0.25, 0.3) is 0 Å². The topological polar surface area (TPSA) is 51.1 Å². The van der Waals surface area contributed by atoms with Crippen molar-refractivity contribution in [3.63, 3.8) is 0 Å². The van der Waals surface area contributed by atoms with Crippen molar-refractivity contribution in [1.29, 1.82) is 0 Å². The number of aromatic nitrogens is 3. The van der Waals surface area contributed by atoms with Gasteiger partial charge in [-0.15, -0.1) is 0 Å². The first-order chi connectivity index (χ1) is 14.9. The molecule has 0 N–H and O–H groups in total. The minimum Gasteiger partial charge on any atom is -0.487 e. The molecule has 5 rings (SSSR count). The Hall–Kier alpha value is -2.79. The first-order valence-electron chi connectivity index (χ1n) is 11.2.